The zero-order valence-corrected chi connectivity index (χ0v) is 13.4. The van der Waals surface area contributed by atoms with Crippen molar-refractivity contribution in [2.45, 2.75) is 33.7 Å². The van der Waals surface area contributed by atoms with Gasteiger partial charge >= 0.3 is 0 Å². The van der Waals surface area contributed by atoms with E-state index in [1.807, 2.05) is 0 Å². The Morgan fingerprint density at radius 3 is 2.47 bits per heavy atom. The zero-order chi connectivity index (χ0) is 13.1. The molecule has 0 bridgehead atoms. The van der Waals surface area contributed by atoms with Gasteiger partial charge in [-0.2, -0.15) is 0 Å². The van der Waals surface area contributed by atoms with Gasteiger partial charge in [0.2, 0.25) is 0 Å². The summed E-state index contributed by atoms with van der Waals surface area (Å²) in [7, 11) is 1.73. The van der Waals surface area contributed by atoms with Crippen molar-refractivity contribution < 1.29 is 4.74 Å². The molecule has 0 heterocycles. The number of nitrogens with zero attached hydrogens (tertiary/aromatic N) is 1. The molecule has 17 heavy (non-hydrogen) atoms. The van der Waals surface area contributed by atoms with Crippen molar-refractivity contribution in [1.82, 2.24) is 0 Å². The summed E-state index contributed by atoms with van der Waals surface area (Å²) in [5.41, 5.74) is 1.21. The molecule has 1 aliphatic rings. The van der Waals surface area contributed by atoms with E-state index in [2.05, 4.69) is 69.5 Å². The Labute approximate surface area is 120 Å². The fourth-order valence-corrected chi connectivity index (χ4v) is 2.41. The first-order valence-electron chi connectivity index (χ1n) is 5.81. The summed E-state index contributed by atoms with van der Waals surface area (Å²) in [5, 5.41) is 0. The van der Waals surface area contributed by atoms with E-state index >= 15 is 0 Å². The lowest BCUT2D eigenvalue weighted by Crippen LogP contribution is -2.30. The minimum absolute atomic E-state index is 0.120. The molecule has 0 amide bonds. The molecule has 0 aromatic heterocycles. The standard InChI is InChI=1S/C14H21INO/c1-10(11-7-6-8-12(11)15)16-13(9-17-5)14(2,3)4/h6-8,13H,9H2,1-5H3/t13-/m1/s1. The lowest BCUT2D eigenvalue weighted by atomic mass is 9.87. The lowest BCUT2D eigenvalue weighted by molar-refractivity contribution is 0.136. The number of ether oxygens (including phenoxy) is 1. The summed E-state index contributed by atoms with van der Waals surface area (Å²) in [6, 6.07) is 0.193. The number of rotatable bonds is 4. The summed E-state index contributed by atoms with van der Waals surface area (Å²) in [6.07, 6.45) is 6.29. The molecule has 5 radical (unpaired) electrons. The van der Waals surface area contributed by atoms with Crippen LogP contribution in [-0.2, 0) is 4.74 Å². The smallest absolute Gasteiger partial charge is 0.0780 e. The molecular formula is C14H21INO. The quantitative estimate of drug-likeness (QED) is 0.562. The van der Waals surface area contributed by atoms with Crippen LogP contribution in [-0.4, -0.2) is 25.5 Å². The molecule has 0 spiro atoms. The van der Waals surface area contributed by atoms with Crippen LogP contribution in [0.1, 0.15) is 27.7 Å². The maximum absolute atomic E-state index is 5.27. The molecule has 0 aromatic rings. The average Bonchev–Trinajstić information content (AvgIpc) is 2.62. The molecule has 0 aliphatic heterocycles. The highest BCUT2D eigenvalue weighted by Gasteiger charge is 2.31. The third-order valence-corrected chi connectivity index (χ3v) is 3.77. The Bertz CT molecular complexity index is 270. The number of halogens is 1. The summed E-state index contributed by atoms with van der Waals surface area (Å²) in [5.74, 6) is 1.23. The van der Waals surface area contributed by atoms with Crippen LogP contribution < -0.4 is 0 Å². The number of methoxy groups -OCH3 is 1. The topological polar surface area (TPSA) is 21.6 Å². The van der Waals surface area contributed by atoms with Gasteiger partial charge in [0.05, 0.1) is 16.6 Å². The Balaban J connectivity index is 2.75. The molecule has 1 aliphatic carbocycles. The van der Waals surface area contributed by atoms with Gasteiger partial charge in [-0.3, -0.25) is 4.99 Å². The Morgan fingerprint density at radius 2 is 2.06 bits per heavy atom. The predicted molar refractivity (Wildman–Crippen MR) is 81.6 cm³/mol. The second-order valence-electron chi connectivity index (χ2n) is 5.34. The first-order valence-corrected chi connectivity index (χ1v) is 6.89. The highest BCUT2D eigenvalue weighted by molar-refractivity contribution is 14.1. The van der Waals surface area contributed by atoms with Gasteiger partial charge in [0.1, 0.15) is 0 Å². The van der Waals surface area contributed by atoms with Crippen molar-refractivity contribution in [3.05, 3.63) is 29.1 Å². The molecule has 95 valence electrons. The average molecular weight is 346 g/mol. The SMILES string of the molecule is COC[C@@H](N=C(C)[C]1[CH][CH][CH][C]1I)C(C)(C)C. The Morgan fingerprint density at radius 1 is 1.41 bits per heavy atom. The maximum atomic E-state index is 5.27. The highest BCUT2D eigenvalue weighted by Crippen LogP contribution is 2.39. The Hall–Kier alpha value is 0.360. The van der Waals surface area contributed by atoms with E-state index in [1.54, 1.807) is 7.11 Å². The van der Waals surface area contributed by atoms with E-state index in [4.69, 9.17) is 9.73 Å². The summed E-state index contributed by atoms with van der Waals surface area (Å²) in [6.45, 7) is 9.33. The lowest BCUT2D eigenvalue weighted by Gasteiger charge is -2.28. The van der Waals surface area contributed by atoms with Crippen molar-refractivity contribution in [2.24, 2.45) is 10.4 Å². The first-order chi connectivity index (χ1) is 7.86. The minimum atomic E-state index is 0.120. The van der Waals surface area contributed by atoms with E-state index in [-0.39, 0.29) is 11.5 Å². The van der Waals surface area contributed by atoms with E-state index in [0.717, 1.165) is 5.71 Å². The molecule has 0 aromatic carbocycles. The third kappa shape index (κ3) is 4.51. The summed E-state index contributed by atoms with van der Waals surface area (Å²) < 4.78 is 6.53. The highest BCUT2D eigenvalue weighted by atomic mass is 127. The largest absolute Gasteiger partial charge is 0.382 e. The van der Waals surface area contributed by atoms with Crippen molar-refractivity contribution in [2.75, 3.05) is 13.7 Å². The number of aliphatic imine (C=N–C) groups is 1. The van der Waals surface area contributed by atoms with E-state index in [9.17, 15) is 0 Å². The first kappa shape index (κ1) is 15.4. The van der Waals surface area contributed by atoms with Gasteiger partial charge in [-0.1, -0.05) is 43.4 Å². The van der Waals surface area contributed by atoms with E-state index < -0.39 is 0 Å². The van der Waals surface area contributed by atoms with Crippen LogP contribution >= 0.6 is 22.6 Å². The van der Waals surface area contributed by atoms with Crippen LogP contribution in [0.5, 0.6) is 0 Å². The van der Waals surface area contributed by atoms with Gasteiger partial charge in [0.15, 0.2) is 0 Å². The van der Waals surface area contributed by atoms with Crippen LogP contribution in [0.2, 0.25) is 0 Å². The van der Waals surface area contributed by atoms with E-state index in [1.165, 1.54) is 9.84 Å². The molecule has 1 rings (SSSR count). The normalized spacial score (nSPS) is 22.1. The van der Waals surface area contributed by atoms with Crippen molar-refractivity contribution >= 4 is 28.3 Å². The molecule has 1 atom stereocenters. The van der Waals surface area contributed by atoms with Crippen molar-refractivity contribution in [3.8, 4) is 0 Å². The van der Waals surface area contributed by atoms with E-state index in [0.29, 0.717) is 6.61 Å². The van der Waals surface area contributed by atoms with Crippen LogP contribution in [0.15, 0.2) is 4.99 Å². The fourth-order valence-electron chi connectivity index (χ4n) is 1.63. The van der Waals surface area contributed by atoms with Gasteiger partial charge in [0.25, 0.3) is 0 Å². The molecular weight excluding hydrogens is 325 g/mol. The fraction of sp³-hybridized carbons (Fsp3) is 0.571. The molecule has 1 fully saturated rings. The van der Waals surface area contributed by atoms with Gasteiger partial charge in [-0.05, 0) is 31.6 Å². The van der Waals surface area contributed by atoms with Gasteiger partial charge < -0.3 is 4.74 Å². The van der Waals surface area contributed by atoms with Crippen molar-refractivity contribution in [1.29, 1.82) is 0 Å². The Kier molecular flexibility index (Phi) is 5.90. The van der Waals surface area contributed by atoms with Crippen molar-refractivity contribution in [3.63, 3.8) is 0 Å². The van der Waals surface area contributed by atoms with Gasteiger partial charge in [-0.25, -0.2) is 0 Å². The monoisotopic (exact) mass is 346 g/mol. The van der Waals surface area contributed by atoms with Crippen LogP contribution in [0, 0.1) is 34.5 Å². The van der Waals surface area contributed by atoms with Gasteiger partial charge in [0, 0.05) is 18.7 Å². The van der Waals surface area contributed by atoms with Crippen LogP contribution in [0.3, 0.4) is 0 Å². The molecule has 0 saturated heterocycles. The number of hydrogen-bond donors (Lipinski definition) is 0. The second-order valence-corrected chi connectivity index (χ2v) is 6.50. The minimum Gasteiger partial charge on any atom is -0.382 e. The number of hydrogen-bond acceptors (Lipinski definition) is 2. The zero-order valence-electron chi connectivity index (χ0n) is 11.2. The molecule has 3 heteroatoms. The predicted octanol–water partition coefficient (Wildman–Crippen LogP) is 3.68. The molecule has 1 saturated carbocycles. The molecule has 2 nitrogen and oxygen atoms in total. The van der Waals surface area contributed by atoms with Crippen LogP contribution in [0.25, 0.3) is 0 Å². The van der Waals surface area contributed by atoms with Crippen LogP contribution in [0.4, 0.5) is 0 Å². The third-order valence-electron chi connectivity index (χ3n) is 2.83. The maximum Gasteiger partial charge on any atom is 0.0780 e. The summed E-state index contributed by atoms with van der Waals surface area (Å²) >= 11 is 2.35. The summed E-state index contributed by atoms with van der Waals surface area (Å²) in [4.78, 5) is 4.83. The molecule has 0 unspecified atom stereocenters. The molecule has 0 N–H and O–H groups in total. The second kappa shape index (κ2) is 6.50. The van der Waals surface area contributed by atoms with Gasteiger partial charge in [-0.15, -0.1) is 0 Å².